The molecule has 0 heterocycles. The first-order chi connectivity index (χ1) is 13.1. The Kier molecular flexibility index (Phi) is 18.9. The molecule has 1 unspecified atom stereocenters. The number of unbranched alkanes of at least 4 members (excludes halogenated alkanes) is 14. The van der Waals surface area contributed by atoms with Crippen molar-refractivity contribution in [2.45, 2.75) is 129 Å². The van der Waals surface area contributed by atoms with Crippen molar-refractivity contribution in [3.05, 3.63) is 0 Å². The van der Waals surface area contributed by atoms with E-state index in [9.17, 15) is 14.7 Å². The van der Waals surface area contributed by atoms with Gasteiger partial charge in [0.1, 0.15) is 0 Å². The van der Waals surface area contributed by atoms with E-state index in [4.69, 9.17) is 5.11 Å². The first-order valence-corrected chi connectivity index (χ1v) is 11.5. The Morgan fingerprint density at radius 1 is 0.593 bits per heavy atom. The number of aliphatic carboxylic acids is 2. The third-order valence-electron chi connectivity index (χ3n) is 5.45. The predicted octanol–water partition coefficient (Wildman–Crippen LogP) is 7.20. The molecule has 0 aromatic rings. The van der Waals surface area contributed by atoms with Crippen LogP contribution in [0.15, 0.2) is 0 Å². The quantitative estimate of drug-likeness (QED) is 0.205. The van der Waals surface area contributed by atoms with Gasteiger partial charge in [0.05, 0.1) is 5.92 Å². The van der Waals surface area contributed by atoms with Crippen molar-refractivity contribution < 1.29 is 19.8 Å². The van der Waals surface area contributed by atoms with E-state index in [-0.39, 0.29) is 12.3 Å². The summed E-state index contributed by atoms with van der Waals surface area (Å²) in [5.74, 6) is -1.62. The maximum Gasteiger partial charge on any atom is 0.306 e. The third-order valence-corrected chi connectivity index (χ3v) is 5.45. The Morgan fingerprint density at radius 2 is 0.963 bits per heavy atom. The lowest BCUT2D eigenvalue weighted by Crippen LogP contribution is -2.13. The van der Waals surface area contributed by atoms with Crippen molar-refractivity contribution in [3.63, 3.8) is 0 Å². The van der Waals surface area contributed by atoms with E-state index in [2.05, 4.69) is 6.92 Å². The normalized spacial score (nSPS) is 12.2. The second kappa shape index (κ2) is 19.7. The molecule has 0 spiro atoms. The standard InChI is InChI=1S/C23H44O4/c1-2-3-4-5-6-7-8-9-10-11-12-15-18-21(23(26)27)19-16-13-14-17-20-22(24)25/h21H,2-20H2,1H3,(H,24,25)(H,26,27). The van der Waals surface area contributed by atoms with Crippen molar-refractivity contribution in [2.24, 2.45) is 5.92 Å². The first-order valence-electron chi connectivity index (χ1n) is 11.5. The number of hydrogen-bond donors (Lipinski definition) is 2. The van der Waals surface area contributed by atoms with Crippen LogP contribution in [0.5, 0.6) is 0 Å². The van der Waals surface area contributed by atoms with Gasteiger partial charge < -0.3 is 10.2 Å². The highest BCUT2D eigenvalue weighted by molar-refractivity contribution is 5.69. The van der Waals surface area contributed by atoms with E-state index in [1.807, 2.05) is 0 Å². The summed E-state index contributed by atoms with van der Waals surface area (Å²) in [5, 5.41) is 17.9. The van der Waals surface area contributed by atoms with Gasteiger partial charge in [-0.15, -0.1) is 0 Å². The van der Waals surface area contributed by atoms with E-state index in [0.29, 0.717) is 6.42 Å². The summed E-state index contributed by atoms with van der Waals surface area (Å²) in [6, 6.07) is 0. The summed E-state index contributed by atoms with van der Waals surface area (Å²) in [6.07, 6.45) is 20.8. The largest absolute Gasteiger partial charge is 0.481 e. The fourth-order valence-electron chi connectivity index (χ4n) is 3.64. The summed E-state index contributed by atoms with van der Waals surface area (Å²) < 4.78 is 0. The molecule has 4 nitrogen and oxygen atoms in total. The van der Waals surface area contributed by atoms with Gasteiger partial charge in [0.15, 0.2) is 0 Å². The highest BCUT2D eigenvalue weighted by Gasteiger charge is 2.16. The van der Waals surface area contributed by atoms with E-state index >= 15 is 0 Å². The molecule has 0 aromatic carbocycles. The lowest BCUT2D eigenvalue weighted by molar-refractivity contribution is -0.142. The maximum atomic E-state index is 11.4. The average molecular weight is 385 g/mol. The Labute approximate surface area is 167 Å². The van der Waals surface area contributed by atoms with Crippen LogP contribution in [0.4, 0.5) is 0 Å². The van der Waals surface area contributed by atoms with Crippen LogP contribution in [0, 0.1) is 5.92 Å². The molecule has 0 fully saturated rings. The molecule has 0 aliphatic heterocycles. The van der Waals surface area contributed by atoms with Crippen LogP contribution in [-0.4, -0.2) is 22.2 Å². The van der Waals surface area contributed by atoms with Gasteiger partial charge in [-0.1, -0.05) is 103 Å². The second-order valence-corrected chi connectivity index (χ2v) is 8.06. The van der Waals surface area contributed by atoms with Crippen molar-refractivity contribution in [2.75, 3.05) is 0 Å². The van der Waals surface area contributed by atoms with Gasteiger partial charge >= 0.3 is 11.9 Å². The van der Waals surface area contributed by atoms with Crippen LogP contribution in [0.25, 0.3) is 0 Å². The highest BCUT2D eigenvalue weighted by Crippen LogP contribution is 2.19. The molecule has 0 bridgehead atoms. The molecule has 1 atom stereocenters. The Hall–Kier alpha value is -1.06. The molecule has 4 heteroatoms. The topological polar surface area (TPSA) is 74.6 Å². The van der Waals surface area contributed by atoms with Crippen molar-refractivity contribution in [1.82, 2.24) is 0 Å². The van der Waals surface area contributed by atoms with Crippen molar-refractivity contribution in [1.29, 1.82) is 0 Å². The molecule has 0 saturated heterocycles. The fraction of sp³-hybridized carbons (Fsp3) is 0.913. The zero-order chi connectivity index (χ0) is 20.2. The van der Waals surface area contributed by atoms with Gasteiger partial charge in [0.25, 0.3) is 0 Å². The average Bonchev–Trinajstić information content (AvgIpc) is 2.63. The monoisotopic (exact) mass is 384 g/mol. The van der Waals surface area contributed by atoms with Crippen molar-refractivity contribution >= 4 is 11.9 Å². The number of carbonyl (C=O) groups is 2. The van der Waals surface area contributed by atoms with Crippen LogP contribution < -0.4 is 0 Å². The summed E-state index contributed by atoms with van der Waals surface area (Å²) in [4.78, 5) is 21.8. The number of carboxylic acids is 2. The minimum atomic E-state index is -0.745. The molecule has 0 rings (SSSR count). The van der Waals surface area contributed by atoms with E-state index in [0.717, 1.165) is 44.9 Å². The first kappa shape index (κ1) is 25.9. The van der Waals surface area contributed by atoms with E-state index in [1.165, 1.54) is 64.2 Å². The molecule has 0 radical (unpaired) electrons. The number of hydrogen-bond acceptors (Lipinski definition) is 2. The molecule has 0 aliphatic rings. The summed E-state index contributed by atoms with van der Waals surface area (Å²) in [5.41, 5.74) is 0. The SMILES string of the molecule is CCCCCCCCCCCCCCC(CCCCCCC(=O)O)C(=O)O. The summed E-state index contributed by atoms with van der Waals surface area (Å²) in [6.45, 7) is 2.25. The summed E-state index contributed by atoms with van der Waals surface area (Å²) in [7, 11) is 0. The Morgan fingerprint density at radius 3 is 1.33 bits per heavy atom. The zero-order valence-electron chi connectivity index (χ0n) is 17.7. The molecule has 27 heavy (non-hydrogen) atoms. The predicted molar refractivity (Wildman–Crippen MR) is 112 cm³/mol. The molecule has 0 aromatic heterocycles. The van der Waals surface area contributed by atoms with Crippen LogP contribution >= 0.6 is 0 Å². The number of carboxylic acid groups (broad SMARTS) is 2. The van der Waals surface area contributed by atoms with Gasteiger partial charge in [-0.25, -0.2) is 0 Å². The van der Waals surface area contributed by atoms with Crippen LogP contribution in [-0.2, 0) is 9.59 Å². The molecule has 2 N–H and O–H groups in total. The van der Waals surface area contributed by atoms with E-state index < -0.39 is 11.9 Å². The minimum absolute atomic E-state index is 0.215. The second-order valence-electron chi connectivity index (χ2n) is 8.06. The molecular weight excluding hydrogens is 340 g/mol. The van der Waals surface area contributed by atoms with Gasteiger partial charge in [0.2, 0.25) is 0 Å². The van der Waals surface area contributed by atoms with Gasteiger partial charge in [-0.05, 0) is 19.3 Å². The molecule has 0 amide bonds. The Balaban J connectivity index is 3.46. The molecule has 0 saturated carbocycles. The number of rotatable bonds is 21. The van der Waals surface area contributed by atoms with Crippen molar-refractivity contribution in [3.8, 4) is 0 Å². The Bertz CT molecular complexity index is 354. The van der Waals surface area contributed by atoms with Crippen LogP contribution in [0.1, 0.15) is 129 Å². The minimum Gasteiger partial charge on any atom is -0.481 e. The van der Waals surface area contributed by atoms with Gasteiger partial charge in [-0.3, -0.25) is 9.59 Å². The van der Waals surface area contributed by atoms with Gasteiger partial charge in [-0.2, -0.15) is 0 Å². The highest BCUT2D eigenvalue weighted by atomic mass is 16.4. The summed E-state index contributed by atoms with van der Waals surface area (Å²) >= 11 is 0. The smallest absolute Gasteiger partial charge is 0.306 e. The molecule has 160 valence electrons. The van der Waals surface area contributed by atoms with Gasteiger partial charge in [0, 0.05) is 6.42 Å². The molecular formula is C23H44O4. The lowest BCUT2D eigenvalue weighted by atomic mass is 9.94. The van der Waals surface area contributed by atoms with Crippen LogP contribution in [0.2, 0.25) is 0 Å². The third kappa shape index (κ3) is 19.5. The van der Waals surface area contributed by atoms with Crippen LogP contribution in [0.3, 0.4) is 0 Å². The zero-order valence-corrected chi connectivity index (χ0v) is 17.7. The fourth-order valence-corrected chi connectivity index (χ4v) is 3.64. The van der Waals surface area contributed by atoms with E-state index in [1.54, 1.807) is 0 Å². The maximum absolute atomic E-state index is 11.4. The lowest BCUT2D eigenvalue weighted by Gasteiger charge is -2.12. The molecule has 0 aliphatic carbocycles.